The fourth-order valence-electron chi connectivity index (χ4n) is 4.29. The van der Waals surface area contributed by atoms with Crippen LogP contribution >= 0.6 is 0 Å². The van der Waals surface area contributed by atoms with Crippen LogP contribution in [0.4, 0.5) is 4.79 Å². The van der Waals surface area contributed by atoms with Crippen molar-refractivity contribution < 1.29 is 9.59 Å². The maximum atomic E-state index is 13.4. The number of hydrogen-bond donors (Lipinski definition) is 1. The number of aryl methyl sites for hydroxylation is 2. The highest BCUT2D eigenvalue weighted by Gasteiger charge is 2.49. The molecule has 1 saturated heterocycles. The van der Waals surface area contributed by atoms with Crippen molar-refractivity contribution in [3.8, 4) is 0 Å². The van der Waals surface area contributed by atoms with E-state index in [4.69, 9.17) is 0 Å². The van der Waals surface area contributed by atoms with E-state index in [2.05, 4.69) is 15.5 Å². The Morgan fingerprint density at radius 3 is 2.48 bits per heavy atom. The molecule has 156 valence electrons. The third-order valence-corrected chi connectivity index (χ3v) is 5.95. The van der Waals surface area contributed by atoms with Gasteiger partial charge in [-0.2, -0.15) is 0 Å². The highest BCUT2D eigenvalue weighted by Crippen LogP contribution is 2.31. The molecular formula is C22H20N6O3. The zero-order valence-electron chi connectivity index (χ0n) is 17.3. The molecule has 0 aliphatic carbocycles. The molecule has 0 spiro atoms. The van der Waals surface area contributed by atoms with Crippen LogP contribution in [0.5, 0.6) is 0 Å². The number of fused-ring (bicyclic) bond motifs is 3. The molecule has 1 N–H and O–H groups in total. The molecule has 0 bridgehead atoms. The first-order valence-electron chi connectivity index (χ1n) is 9.85. The highest BCUT2D eigenvalue weighted by atomic mass is 16.2. The van der Waals surface area contributed by atoms with Crippen LogP contribution < -0.4 is 10.9 Å². The van der Waals surface area contributed by atoms with E-state index in [9.17, 15) is 14.4 Å². The van der Waals surface area contributed by atoms with Crippen molar-refractivity contribution in [1.29, 1.82) is 0 Å². The van der Waals surface area contributed by atoms with Gasteiger partial charge in [-0.1, -0.05) is 36.4 Å². The van der Waals surface area contributed by atoms with Crippen molar-refractivity contribution in [2.45, 2.75) is 25.9 Å². The lowest BCUT2D eigenvalue weighted by molar-refractivity contribution is -0.131. The number of para-hydroxylation sites is 1. The molecule has 1 fully saturated rings. The third-order valence-electron chi connectivity index (χ3n) is 5.95. The van der Waals surface area contributed by atoms with Gasteiger partial charge in [-0.15, -0.1) is 10.2 Å². The zero-order valence-corrected chi connectivity index (χ0v) is 17.3. The van der Waals surface area contributed by atoms with E-state index in [0.717, 1.165) is 16.0 Å². The Balaban J connectivity index is 1.61. The van der Waals surface area contributed by atoms with E-state index < -0.39 is 11.6 Å². The van der Waals surface area contributed by atoms with Crippen molar-refractivity contribution in [3.05, 3.63) is 75.8 Å². The van der Waals surface area contributed by atoms with Gasteiger partial charge in [0.15, 0.2) is 5.82 Å². The van der Waals surface area contributed by atoms with Crippen LogP contribution in [0.3, 0.4) is 0 Å². The second-order valence-electron chi connectivity index (χ2n) is 7.89. The number of carbonyl (C=O) groups excluding carboxylic acids is 2. The fourth-order valence-corrected chi connectivity index (χ4v) is 4.29. The minimum atomic E-state index is -1.17. The van der Waals surface area contributed by atoms with Crippen molar-refractivity contribution in [1.82, 2.24) is 29.4 Å². The predicted octanol–water partition coefficient (Wildman–Crippen LogP) is 1.86. The van der Waals surface area contributed by atoms with Gasteiger partial charge in [0, 0.05) is 7.05 Å². The topological polar surface area (TPSA) is 102 Å². The lowest BCUT2D eigenvalue weighted by Gasteiger charge is -2.24. The fraction of sp³-hybridized carbons (Fsp3) is 0.227. The van der Waals surface area contributed by atoms with Crippen LogP contribution in [0.25, 0.3) is 16.7 Å². The quantitative estimate of drug-likeness (QED) is 0.514. The summed E-state index contributed by atoms with van der Waals surface area (Å²) >= 11 is 0. The molecular weight excluding hydrogens is 396 g/mol. The number of urea groups is 1. The molecule has 3 amide bonds. The number of rotatable bonds is 3. The first-order valence-corrected chi connectivity index (χ1v) is 9.85. The first-order chi connectivity index (χ1) is 14.8. The van der Waals surface area contributed by atoms with E-state index >= 15 is 0 Å². The summed E-state index contributed by atoms with van der Waals surface area (Å²) in [5.74, 6) is 0.365. The average Bonchev–Trinajstić information content (AvgIpc) is 3.27. The van der Waals surface area contributed by atoms with Gasteiger partial charge in [0.05, 0.1) is 17.4 Å². The van der Waals surface area contributed by atoms with Crippen molar-refractivity contribution in [3.63, 3.8) is 0 Å². The molecule has 1 atom stereocenters. The van der Waals surface area contributed by atoms with Crippen molar-refractivity contribution >= 4 is 28.6 Å². The number of hydrogen-bond acceptors (Lipinski definition) is 5. The Labute approximate surface area is 176 Å². The maximum Gasteiger partial charge on any atom is 0.325 e. The molecule has 1 aliphatic heterocycles. The van der Waals surface area contributed by atoms with Crippen LogP contribution in [0, 0.1) is 6.92 Å². The molecule has 0 radical (unpaired) electrons. The van der Waals surface area contributed by atoms with Crippen LogP contribution in [0.1, 0.15) is 23.9 Å². The average molecular weight is 416 g/mol. The third kappa shape index (κ3) is 2.59. The van der Waals surface area contributed by atoms with Gasteiger partial charge >= 0.3 is 6.03 Å². The molecule has 9 heteroatoms. The monoisotopic (exact) mass is 416 g/mol. The zero-order chi connectivity index (χ0) is 21.9. The minimum absolute atomic E-state index is 0.0739. The molecule has 3 heterocycles. The van der Waals surface area contributed by atoms with Gasteiger partial charge in [0.2, 0.25) is 5.78 Å². The summed E-state index contributed by atoms with van der Waals surface area (Å²) in [6, 6.07) is 14.1. The summed E-state index contributed by atoms with van der Waals surface area (Å²) in [7, 11) is 1.62. The highest BCUT2D eigenvalue weighted by molar-refractivity contribution is 6.07. The molecule has 2 aromatic carbocycles. The predicted molar refractivity (Wildman–Crippen MR) is 113 cm³/mol. The Bertz CT molecular complexity index is 1450. The summed E-state index contributed by atoms with van der Waals surface area (Å²) in [6.45, 7) is 3.54. The van der Waals surface area contributed by atoms with Gasteiger partial charge in [-0.05, 0) is 37.1 Å². The number of amides is 3. The Morgan fingerprint density at radius 1 is 1.00 bits per heavy atom. The molecule has 31 heavy (non-hydrogen) atoms. The normalized spacial score (nSPS) is 18.9. The van der Waals surface area contributed by atoms with Crippen LogP contribution in [0.15, 0.2) is 53.3 Å². The number of nitrogens with one attached hydrogen (secondary N) is 1. The van der Waals surface area contributed by atoms with Gasteiger partial charge in [-0.3, -0.25) is 23.5 Å². The first kappa shape index (κ1) is 19.0. The Kier molecular flexibility index (Phi) is 3.98. The Hall–Kier alpha value is -4.01. The van der Waals surface area contributed by atoms with E-state index in [-0.39, 0.29) is 18.0 Å². The van der Waals surface area contributed by atoms with Gasteiger partial charge in [0.1, 0.15) is 5.54 Å². The number of imide groups is 1. The van der Waals surface area contributed by atoms with Gasteiger partial charge in [-0.25, -0.2) is 4.79 Å². The molecule has 0 saturated carbocycles. The van der Waals surface area contributed by atoms with Crippen LogP contribution in [-0.4, -0.2) is 36.0 Å². The van der Waals surface area contributed by atoms with Crippen molar-refractivity contribution in [2.24, 2.45) is 7.05 Å². The summed E-state index contributed by atoms with van der Waals surface area (Å²) in [5, 5.41) is 11.7. The van der Waals surface area contributed by atoms with E-state index in [1.54, 1.807) is 36.6 Å². The molecule has 9 nitrogen and oxygen atoms in total. The lowest BCUT2D eigenvalue weighted by Crippen LogP contribution is -2.41. The van der Waals surface area contributed by atoms with Gasteiger partial charge in [0.25, 0.3) is 11.5 Å². The second kappa shape index (κ2) is 6.49. The smallest absolute Gasteiger partial charge is 0.319 e. The molecule has 5 rings (SSSR count). The second-order valence-corrected chi connectivity index (χ2v) is 7.89. The van der Waals surface area contributed by atoms with E-state index in [1.165, 1.54) is 4.57 Å². The lowest BCUT2D eigenvalue weighted by atomic mass is 9.88. The summed E-state index contributed by atoms with van der Waals surface area (Å²) in [6.07, 6.45) is 0. The number of carbonyl (C=O) groups is 2. The van der Waals surface area contributed by atoms with Crippen molar-refractivity contribution in [2.75, 3.05) is 0 Å². The number of nitrogens with zero attached hydrogens (tertiary/aromatic N) is 5. The van der Waals surface area contributed by atoms with Crippen LogP contribution in [-0.2, 0) is 23.9 Å². The molecule has 1 unspecified atom stereocenters. The van der Waals surface area contributed by atoms with Gasteiger partial charge < -0.3 is 5.32 Å². The summed E-state index contributed by atoms with van der Waals surface area (Å²) in [4.78, 5) is 39.9. The maximum absolute atomic E-state index is 13.4. The SMILES string of the molecule is Cc1ccccc1C1(C)NC(=O)N(Cc2nnc3n(C)c(=O)c4ccccc4n23)C1=O. The number of aromatic nitrogens is 4. The Morgan fingerprint density at radius 2 is 1.71 bits per heavy atom. The number of benzene rings is 2. The van der Waals surface area contributed by atoms with E-state index in [1.807, 2.05) is 37.3 Å². The van der Waals surface area contributed by atoms with Crippen LogP contribution in [0.2, 0.25) is 0 Å². The minimum Gasteiger partial charge on any atom is -0.319 e. The molecule has 4 aromatic rings. The molecule has 1 aliphatic rings. The largest absolute Gasteiger partial charge is 0.325 e. The summed E-state index contributed by atoms with van der Waals surface area (Å²) in [5.41, 5.74) is 0.917. The van der Waals surface area contributed by atoms with E-state index in [0.29, 0.717) is 22.5 Å². The molecule has 2 aromatic heterocycles. The summed E-state index contributed by atoms with van der Waals surface area (Å²) < 4.78 is 3.11. The standard InChI is InChI=1S/C22H20N6O3/c1-13-8-4-6-10-15(13)22(2)19(30)27(21(31)23-22)12-17-24-25-20-26(3)18(29)14-9-5-7-11-16(14)28(17)20/h4-11H,12H2,1-3H3,(H,23,31).